The number of phenolic OH excluding ortho intramolecular Hbond substituents is 3. The van der Waals surface area contributed by atoms with E-state index >= 15 is 0 Å². The van der Waals surface area contributed by atoms with Crippen molar-refractivity contribution in [3.05, 3.63) is 17.7 Å². The number of carbonyl (C=O) groups is 1. The van der Waals surface area contributed by atoms with E-state index in [9.17, 15) is 20.1 Å². The summed E-state index contributed by atoms with van der Waals surface area (Å²) in [6.45, 7) is 0. The largest absolute Gasteiger partial charge is 0.504 e. The molecule has 1 amide bonds. The van der Waals surface area contributed by atoms with Crippen molar-refractivity contribution in [2.24, 2.45) is 16.9 Å². The normalized spacial score (nSPS) is 26.1. The quantitative estimate of drug-likeness (QED) is 0.487. The molecule has 0 saturated heterocycles. The van der Waals surface area contributed by atoms with E-state index < -0.39 is 23.2 Å². The van der Waals surface area contributed by atoms with Gasteiger partial charge in [-0.1, -0.05) is 0 Å². The lowest BCUT2D eigenvalue weighted by molar-refractivity contribution is 0.0953. The maximum atomic E-state index is 11.9. The summed E-state index contributed by atoms with van der Waals surface area (Å²) in [7, 11) is 0. The van der Waals surface area contributed by atoms with Crippen LogP contribution in [0.25, 0.3) is 0 Å². The molecule has 106 valence electrons. The molecule has 6 heteroatoms. The number of nitrogens with zero attached hydrogens (tertiary/aromatic N) is 1. The number of nitrogens with one attached hydrogen (secondary N) is 1. The first-order chi connectivity index (χ1) is 9.54. The third kappa shape index (κ3) is 2.17. The monoisotopic (exact) mass is 276 g/mol. The number of hydrogen-bond acceptors (Lipinski definition) is 5. The number of hydrazone groups is 1. The van der Waals surface area contributed by atoms with Crippen LogP contribution in [0.1, 0.15) is 36.0 Å². The number of phenols is 3. The van der Waals surface area contributed by atoms with Crippen LogP contribution in [-0.4, -0.2) is 26.9 Å². The van der Waals surface area contributed by atoms with E-state index in [2.05, 4.69) is 10.5 Å². The van der Waals surface area contributed by atoms with Gasteiger partial charge in [-0.2, -0.15) is 5.10 Å². The van der Waals surface area contributed by atoms with Crippen molar-refractivity contribution in [3.63, 3.8) is 0 Å². The molecular formula is C14H16N2O4. The summed E-state index contributed by atoms with van der Waals surface area (Å²) in [4.78, 5) is 11.9. The third-order valence-electron chi connectivity index (χ3n) is 4.14. The highest BCUT2D eigenvalue weighted by Gasteiger charge is 2.36. The van der Waals surface area contributed by atoms with E-state index in [1.54, 1.807) is 0 Å². The fourth-order valence-corrected chi connectivity index (χ4v) is 3.08. The zero-order chi connectivity index (χ0) is 14.3. The average Bonchev–Trinajstić information content (AvgIpc) is 3.04. The minimum Gasteiger partial charge on any atom is -0.504 e. The van der Waals surface area contributed by atoms with Crippen molar-refractivity contribution in [3.8, 4) is 17.2 Å². The number of benzene rings is 1. The number of carbonyl (C=O) groups excluding carboxylic acids is 1. The highest BCUT2D eigenvalue weighted by atomic mass is 16.3. The van der Waals surface area contributed by atoms with Crippen molar-refractivity contribution in [2.75, 3.05) is 0 Å². The molecule has 1 aromatic carbocycles. The zero-order valence-electron chi connectivity index (χ0n) is 10.8. The fraction of sp³-hybridized carbons (Fsp3) is 0.429. The van der Waals surface area contributed by atoms with Gasteiger partial charge in [-0.25, -0.2) is 5.43 Å². The molecule has 1 aromatic rings. The van der Waals surface area contributed by atoms with Gasteiger partial charge >= 0.3 is 0 Å². The van der Waals surface area contributed by atoms with Gasteiger partial charge in [0.25, 0.3) is 5.91 Å². The lowest BCUT2D eigenvalue weighted by atomic mass is 9.99. The van der Waals surface area contributed by atoms with Gasteiger partial charge in [-0.05, 0) is 49.7 Å². The smallest absolute Gasteiger partial charge is 0.271 e. The lowest BCUT2D eigenvalue weighted by Crippen LogP contribution is -2.21. The van der Waals surface area contributed by atoms with Gasteiger partial charge in [0.05, 0.1) is 0 Å². The van der Waals surface area contributed by atoms with Crippen LogP contribution in [0, 0.1) is 11.8 Å². The Bertz CT molecular complexity index is 574. The topological polar surface area (TPSA) is 102 Å². The van der Waals surface area contributed by atoms with Crippen LogP contribution in [0.5, 0.6) is 17.2 Å². The van der Waals surface area contributed by atoms with Crippen molar-refractivity contribution in [2.45, 2.75) is 25.7 Å². The minimum atomic E-state index is -0.638. The molecule has 2 saturated carbocycles. The fourth-order valence-electron chi connectivity index (χ4n) is 3.08. The van der Waals surface area contributed by atoms with Crippen LogP contribution in [-0.2, 0) is 0 Å². The van der Waals surface area contributed by atoms with E-state index in [0.29, 0.717) is 11.8 Å². The SMILES string of the molecule is O=C(NN=C1CC2CCC1C2)c1cc(O)c(O)c(O)c1. The van der Waals surface area contributed by atoms with Crippen LogP contribution in [0.4, 0.5) is 0 Å². The Hall–Kier alpha value is -2.24. The van der Waals surface area contributed by atoms with Gasteiger partial charge < -0.3 is 15.3 Å². The van der Waals surface area contributed by atoms with Crippen LogP contribution in [0.15, 0.2) is 17.2 Å². The summed E-state index contributed by atoms with van der Waals surface area (Å²) in [6.07, 6.45) is 4.49. The first-order valence-electron chi connectivity index (χ1n) is 6.66. The summed E-state index contributed by atoms with van der Waals surface area (Å²) in [5.74, 6) is -1.04. The highest BCUT2D eigenvalue weighted by Crippen LogP contribution is 2.42. The van der Waals surface area contributed by atoms with Crippen LogP contribution in [0.2, 0.25) is 0 Å². The summed E-state index contributed by atoms with van der Waals surface area (Å²) in [5, 5.41) is 32.1. The average molecular weight is 276 g/mol. The summed E-state index contributed by atoms with van der Waals surface area (Å²) >= 11 is 0. The van der Waals surface area contributed by atoms with Gasteiger partial charge in [0.15, 0.2) is 17.2 Å². The van der Waals surface area contributed by atoms with Gasteiger partial charge in [0.2, 0.25) is 0 Å². The third-order valence-corrected chi connectivity index (χ3v) is 4.14. The van der Waals surface area contributed by atoms with Crippen LogP contribution >= 0.6 is 0 Å². The molecular weight excluding hydrogens is 260 g/mol. The second kappa shape index (κ2) is 4.70. The second-order valence-corrected chi connectivity index (χ2v) is 5.49. The van der Waals surface area contributed by atoms with Crippen molar-refractivity contribution < 1.29 is 20.1 Å². The van der Waals surface area contributed by atoms with Gasteiger partial charge in [-0.15, -0.1) is 0 Å². The molecule has 2 unspecified atom stereocenters. The first kappa shape index (κ1) is 12.8. The number of hydrogen-bond donors (Lipinski definition) is 4. The Kier molecular flexibility index (Phi) is 3.00. The molecule has 0 radical (unpaired) electrons. The zero-order valence-corrected chi connectivity index (χ0v) is 10.8. The maximum Gasteiger partial charge on any atom is 0.271 e. The van der Waals surface area contributed by atoms with Crippen molar-refractivity contribution in [1.29, 1.82) is 0 Å². The number of amides is 1. The molecule has 2 aliphatic carbocycles. The van der Waals surface area contributed by atoms with Crippen LogP contribution in [0.3, 0.4) is 0 Å². The van der Waals surface area contributed by atoms with Crippen molar-refractivity contribution >= 4 is 11.6 Å². The Labute approximate surface area is 115 Å². The Morgan fingerprint density at radius 3 is 2.45 bits per heavy atom. The predicted molar refractivity (Wildman–Crippen MR) is 71.8 cm³/mol. The molecule has 2 aliphatic rings. The number of fused-ring (bicyclic) bond motifs is 2. The molecule has 3 rings (SSSR count). The Morgan fingerprint density at radius 2 is 1.90 bits per heavy atom. The van der Waals surface area contributed by atoms with Gasteiger partial charge in [0.1, 0.15) is 0 Å². The Balaban J connectivity index is 1.72. The van der Waals surface area contributed by atoms with E-state index in [4.69, 9.17) is 0 Å². The Morgan fingerprint density at radius 1 is 1.20 bits per heavy atom. The molecule has 0 spiro atoms. The van der Waals surface area contributed by atoms with Crippen LogP contribution < -0.4 is 5.43 Å². The molecule has 0 heterocycles. The second-order valence-electron chi connectivity index (χ2n) is 5.49. The molecule has 2 atom stereocenters. The van der Waals surface area contributed by atoms with E-state index in [1.807, 2.05) is 0 Å². The molecule has 0 aliphatic heterocycles. The van der Waals surface area contributed by atoms with E-state index in [0.717, 1.165) is 37.1 Å². The molecule has 2 bridgehead atoms. The molecule has 20 heavy (non-hydrogen) atoms. The number of aromatic hydroxyl groups is 3. The first-order valence-corrected chi connectivity index (χ1v) is 6.66. The number of rotatable bonds is 2. The predicted octanol–water partition coefficient (Wildman–Crippen LogP) is 1.71. The summed E-state index contributed by atoms with van der Waals surface area (Å²) < 4.78 is 0. The lowest BCUT2D eigenvalue weighted by Gasteiger charge is -2.11. The molecule has 6 nitrogen and oxygen atoms in total. The van der Waals surface area contributed by atoms with Gasteiger partial charge in [0, 0.05) is 11.3 Å². The highest BCUT2D eigenvalue weighted by molar-refractivity contribution is 5.97. The standard InChI is InChI=1S/C14H16N2O4/c17-11-5-9(6-12(18)13(11)19)14(20)16-15-10-4-7-1-2-8(10)3-7/h5-8,17-19H,1-4H2,(H,16,20). The molecule has 2 fully saturated rings. The molecule has 4 N–H and O–H groups in total. The molecule has 0 aromatic heterocycles. The van der Waals surface area contributed by atoms with E-state index in [1.165, 1.54) is 6.42 Å². The van der Waals surface area contributed by atoms with Gasteiger partial charge in [-0.3, -0.25) is 4.79 Å². The van der Waals surface area contributed by atoms with E-state index in [-0.39, 0.29) is 5.56 Å². The maximum absolute atomic E-state index is 11.9. The minimum absolute atomic E-state index is 0.0466. The van der Waals surface area contributed by atoms with Crippen molar-refractivity contribution in [1.82, 2.24) is 5.43 Å². The summed E-state index contributed by atoms with van der Waals surface area (Å²) in [5.41, 5.74) is 3.52. The summed E-state index contributed by atoms with van der Waals surface area (Å²) in [6, 6.07) is 2.18.